The van der Waals surface area contributed by atoms with Gasteiger partial charge in [-0.05, 0) is 19.1 Å². The number of ether oxygens (including phenoxy) is 1. The van der Waals surface area contributed by atoms with Crippen molar-refractivity contribution in [3.63, 3.8) is 0 Å². The molecule has 2 fully saturated rings. The van der Waals surface area contributed by atoms with Crippen LogP contribution in [0.4, 0.5) is 22.1 Å². The van der Waals surface area contributed by atoms with E-state index in [1.54, 1.807) is 18.6 Å². The molecule has 9 nitrogen and oxygen atoms in total. The largest absolute Gasteiger partial charge is 0.378 e. The molecule has 28 heavy (non-hydrogen) atoms. The molecule has 4 heterocycles. The Bertz CT molecular complexity index is 817. The van der Waals surface area contributed by atoms with Crippen LogP contribution in [0.25, 0.3) is 0 Å². The molecule has 148 valence electrons. The van der Waals surface area contributed by atoms with Crippen molar-refractivity contribution < 1.29 is 9.53 Å². The third-order valence-corrected chi connectivity index (χ3v) is 5.01. The topological polar surface area (TPSA) is 86.7 Å². The minimum absolute atomic E-state index is 0.0815. The van der Waals surface area contributed by atoms with Crippen molar-refractivity contribution in [1.82, 2.24) is 19.9 Å². The summed E-state index contributed by atoms with van der Waals surface area (Å²) in [7, 11) is 0. The lowest BCUT2D eigenvalue weighted by Gasteiger charge is -2.36. The molecule has 0 radical (unpaired) electrons. The van der Waals surface area contributed by atoms with Crippen LogP contribution in [0.2, 0.25) is 0 Å². The molecule has 0 bridgehead atoms. The smallest absolute Gasteiger partial charge is 0.321 e. The van der Waals surface area contributed by atoms with Gasteiger partial charge in [-0.15, -0.1) is 0 Å². The Labute approximate surface area is 164 Å². The fraction of sp³-hybridized carbons (Fsp3) is 0.474. The molecule has 1 N–H and O–H groups in total. The number of nitrogens with one attached hydrogen (secondary N) is 1. The zero-order valence-corrected chi connectivity index (χ0v) is 16.0. The zero-order chi connectivity index (χ0) is 19.3. The zero-order valence-electron chi connectivity index (χ0n) is 16.0. The minimum atomic E-state index is -0.0815. The predicted molar refractivity (Wildman–Crippen MR) is 107 cm³/mol. The number of carbonyl (C=O) groups is 1. The second kappa shape index (κ2) is 8.39. The lowest BCUT2D eigenvalue weighted by atomic mass is 10.3. The maximum absolute atomic E-state index is 12.5. The van der Waals surface area contributed by atoms with Gasteiger partial charge < -0.3 is 24.8 Å². The number of aryl methyl sites for hydroxylation is 1. The van der Waals surface area contributed by atoms with E-state index in [9.17, 15) is 4.79 Å². The number of urea groups is 1. The van der Waals surface area contributed by atoms with Gasteiger partial charge in [-0.3, -0.25) is 4.98 Å². The van der Waals surface area contributed by atoms with Crippen LogP contribution in [-0.4, -0.2) is 78.4 Å². The fourth-order valence-electron chi connectivity index (χ4n) is 3.44. The van der Waals surface area contributed by atoms with Crippen molar-refractivity contribution in [3.8, 4) is 0 Å². The highest BCUT2D eigenvalue weighted by Crippen LogP contribution is 2.20. The highest BCUT2D eigenvalue weighted by Gasteiger charge is 2.23. The first-order valence-electron chi connectivity index (χ1n) is 9.57. The monoisotopic (exact) mass is 383 g/mol. The van der Waals surface area contributed by atoms with Crippen LogP contribution in [-0.2, 0) is 4.74 Å². The van der Waals surface area contributed by atoms with E-state index in [1.165, 1.54) is 0 Å². The molecule has 0 atom stereocenters. The molecule has 2 saturated heterocycles. The van der Waals surface area contributed by atoms with Crippen molar-refractivity contribution in [2.24, 2.45) is 0 Å². The van der Waals surface area contributed by atoms with E-state index in [1.807, 2.05) is 24.0 Å². The second-order valence-corrected chi connectivity index (χ2v) is 6.92. The first-order valence-corrected chi connectivity index (χ1v) is 9.57. The highest BCUT2D eigenvalue weighted by molar-refractivity contribution is 5.89. The van der Waals surface area contributed by atoms with Gasteiger partial charge in [0.15, 0.2) is 0 Å². The maximum atomic E-state index is 12.5. The van der Waals surface area contributed by atoms with Crippen LogP contribution in [0, 0.1) is 6.92 Å². The summed E-state index contributed by atoms with van der Waals surface area (Å²) in [6.07, 6.45) is 3.31. The van der Waals surface area contributed by atoms with Gasteiger partial charge in [0.25, 0.3) is 0 Å². The summed E-state index contributed by atoms with van der Waals surface area (Å²) in [5.74, 6) is 1.84. The number of aromatic nitrogens is 3. The molecule has 0 aromatic carbocycles. The van der Waals surface area contributed by atoms with Crippen molar-refractivity contribution >= 4 is 23.4 Å². The Hall–Kier alpha value is -2.94. The number of morpholine rings is 1. The van der Waals surface area contributed by atoms with Gasteiger partial charge in [0, 0.05) is 62.9 Å². The Morgan fingerprint density at radius 1 is 0.964 bits per heavy atom. The van der Waals surface area contributed by atoms with E-state index in [0.29, 0.717) is 13.1 Å². The molecule has 2 amide bonds. The highest BCUT2D eigenvalue weighted by atomic mass is 16.5. The number of nitrogens with zero attached hydrogens (tertiary/aromatic N) is 6. The number of rotatable bonds is 3. The van der Waals surface area contributed by atoms with E-state index >= 15 is 0 Å². The number of carbonyl (C=O) groups excluding carboxylic acids is 1. The van der Waals surface area contributed by atoms with E-state index < -0.39 is 0 Å². The maximum Gasteiger partial charge on any atom is 0.321 e. The van der Waals surface area contributed by atoms with Crippen molar-refractivity contribution in [1.29, 1.82) is 0 Å². The summed E-state index contributed by atoms with van der Waals surface area (Å²) < 4.78 is 5.41. The fourth-order valence-corrected chi connectivity index (χ4v) is 3.44. The van der Waals surface area contributed by atoms with Crippen LogP contribution in [0.5, 0.6) is 0 Å². The van der Waals surface area contributed by atoms with Gasteiger partial charge in [0.1, 0.15) is 18.0 Å². The lowest BCUT2D eigenvalue weighted by Crippen LogP contribution is -2.50. The number of anilines is 3. The van der Waals surface area contributed by atoms with E-state index in [4.69, 9.17) is 4.74 Å². The Morgan fingerprint density at radius 3 is 2.32 bits per heavy atom. The summed E-state index contributed by atoms with van der Waals surface area (Å²) in [5, 5.41) is 2.94. The van der Waals surface area contributed by atoms with Crippen LogP contribution >= 0.6 is 0 Å². The summed E-state index contributed by atoms with van der Waals surface area (Å²) in [4.78, 5) is 31.8. The van der Waals surface area contributed by atoms with Gasteiger partial charge in [-0.25, -0.2) is 14.8 Å². The Morgan fingerprint density at radius 2 is 1.64 bits per heavy atom. The lowest BCUT2D eigenvalue weighted by molar-refractivity contribution is 0.122. The van der Waals surface area contributed by atoms with E-state index in [0.717, 1.165) is 62.4 Å². The number of piperazine rings is 1. The normalized spacial score (nSPS) is 17.5. The molecule has 4 rings (SSSR count). The Balaban J connectivity index is 1.34. The standard InChI is InChI=1S/C19H25N7O2/c1-15-12-16(2-3-20-15)23-19(27)26-6-4-24(5-7-26)17-13-18(22-14-21-17)25-8-10-28-11-9-25/h2-3,12-14H,4-11H2,1H3,(H,20,23,27). The summed E-state index contributed by atoms with van der Waals surface area (Å²) in [6, 6.07) is 5.61. The minimum Gasteiger partial charge on any atom is -0.378 e. The second-order valence-electron chi connectivity index (χ2n) is 6.92. The molecule has 9 heteroatoms. The molecule has 2 aliphatic rings. The summed E-state index contributed by atoms with van der Waals surface area (Å²) >= 11 is 0. The average Bonchev–Trinajstić information content (AvgIpc) is 2.75. The molecule has 0 unspecified atom stereocenters. The quantitative estimate of drug-likeness (QED) is 0.857. The first kappa shape index (κ1) is 18.4. The van der Waals surface area contributed by atoms with Crippen molar-refractivity contribution in [2.75, 3.05) is 67.6 Å². The number of amides is 2. The van der Waals surface area contributed by atoms with Crippen molar-refractivity contribution in [2.45, 2.75) is 6.92 Å². The molecule has 0 saturated carbocycles. The predicted octanol–water partition coefficient (Wildman–Crippen LogP) is 1.37. The van der Waals surface area contributed by atoms with E-state index in [-0.39, 0.29) is 6.03 Å². The van der Waals surface area contributed by atoms with Gasteiger partial charge in [0.05, 0.1) is 13.2 Å². The number of hydrogen-bond acceptors (Lipinski definition) is 7. The average molecular weight is 383 g/mol. The molecule has 2 aromatic heterocycles. The summed E-state index contributed by atoms with van der Waals surface area (Å²) in [6.45, 7) is 7.82. The van der Waals surface area contributed by atoms with Crippen molar-refractivity contribution in [3.05, 3.63) is 36.4 Å². The molecule has 0 spiro atoms. The number of hydrogen-bond donors (Lipinski definition) is 1. The first-order chi connectivity index (χ1) is 13.7. The molecular formula is C19H25N7O2. The van der Waals surface area contributed by atoms with Gasteiger partial charge >= 0.3 is 6.03 Å². The SMILES string of the molecule is Cc1cc(NC(=O)N2CCN(c3cc(N4CCOCC4)ncn3)CC2)ccn1. The molecule has 0 aliphatic carbocycles. The van der Waals surface area contributed by atoms with Crippen LogP contribution in [0.15, 0.2) is 30.7 Å². The van der Waals surface area contributed by atoms with Gasteiger partial charge in [-0.2, -0.15) is 0 Å². The van der Waals surface area contributed by atoms with Crippen LogP contribution < -0.4 is 15.1 Å². The molecular weight excluding hydrogens is 358 g/mol. The Kier molecular flexibility index (Phi) is 5.52. The van der Waals surface area contributed by atoms with Gasteiger partial charge in [-0.1, -0.05) is 0 Å². The third-order valence-electron chi connectivity index (χ3n) is 5.01. The van der Waals surface area contributed by atoms with E-state index in [2.05, 4.69) is 30.1 Å². The molecule has 2 aliphatic heterocycles. The van der Waals surface area contributed by atoms with Crippen LogP contribution in [0.3, 0.4) is 0 Å². The molecule has 2 aromatic rings. The number of pyridine rings is 1. The third kappa shape index (κ3) is 4.30. The van der Waals surface area contributed by atoms with Gasteiger partial charge in [0.2, 0.25) is 0 Å². The van der Waals surface area contributed by atoms with Crippen LogP contribution in [0.1, 0.15) is 5.69 Å². The summed E-state index contributed by atoms with van der Waals surface area (Å²) in [5.41, 5.74) is 1.65.